The second-order valence-corrected chi connectivity index (χ2v) is 9.81. The summed E-state index contributed by atoms with van der Waals surface area (Å²) in [5, 5.41) is 6.27. The lowest BCUT2D eigenvalue weighted by Crippen LogP contribution is -2.20. The smallest absolute Gasteiger partial charge is 0.264 e. The Labute approximate surface area is 236 Å². The van der Waals surface area contributed by atoms with Gasteiger partial charge in [-0.1, -0.05) is 29.3 Å². The minimum Gasteiger partial charge on any atom is -0.494 e. The highest BCUT2D eigenvalue weighted by atomic mass is 35.5. The third-order valence-electron chi connectivity index (χ3n) is 5.34. The lowest BCUT2D eigenvalue weighted by molar-refractivity contribution is -0.118. The molecule has 8 nitrogen and oxygen atoms in total. The van der Waals surface area contributed by atoms with Gasteiger partial charge in [0.05, 0.1) is 28.8 Å². The third kappa shape index (κ3) is 7.78. The molecular formula is C29H28ClN3O5S. The van der Waals surface area contributed by atoms with Gasteiger partial charge in [-0.3, -0.25) is 9.59 Å². The minimum atomic E-state index is -0.332. The summed E-state index contributed by atoms with van der Waals surface area (Å²) in [6.07, 6.45) is 1.70. The first-order valence-corrected chi connectivity index (χ1v) is 13.5. The number of amidine groups is 1. The molecule has 0 radical (unpaired) electrons. The summed E-state index contributed by atoms with van der Waals surface area (Å²) < 4.78 is 16.9. The van der Waals surface area contributed by atoms with Crippen molar-refractivity contribution < 1.29 is 23.8 Å². The average molecular weight is 566 g/mol. The highest BCUT2D eigenvalue weighted by Gasteiger charge is 2.24. The van der Waals surface area contributed by atoms with Crippen molar-refractivity contribution in [1.82, 2.24) is 5.32 Å². The number of hydrogen-bond acceptors (Lipinski definition) is 7. The molecule has 0 saturated carbocycles. The van der Waals surface area contributed by atoms with Gasteiger partial charge in [0.1, 0.15) is 5.75 Å². The van der Waals surface area contributed by atoms with Gasteiger partial charge in [0, 0.05) is 5.69 Å². The number of ether oxygens (including phenoxy) is 3. The van der Waals surface area contributed by atoms with E-state index in [9.17, 15) is 9.59 Å². The molecule has 0 unspecified atom stereocenters. The average Bonchev–Trinajstić information content (AvgIpc) is 3.24. The van der Waals surface area contributed by atoms with Crippen LogP contribution in [0.5, 0.6) is 17.2 Å². The number of carbonyl (C=O) groups is 2. The van der Waals surface area contributed by atoms with Gasteiger partial charge in [-0.2, -0.15) is 0 Å². The largest absolute Gasteiger partial charge is 0.494 e. The fourth-order valence-corrected chi connectivity index (χ4v) is 4.69. The van der Waals surface area contributed by atoms with Gasteiger partial charge >= 0.3 is 0 Å². The van der Waals surface area contributed by atoms with E-state index in [0.29, 0.717) is 46.0 Å². The van der Waals surface area contributed by atoms with E-state index in [-0.39, 0.29) is 29.2 Å². The summed E-state index contributed by atoms with van der Waals surface area (Å²) in [6, 6.07) is 18.1. The quantitative estimate of drug-likeness (QED) is 0.278. The zero-order valence-electron chi connectivity index (χ0n) is 21.7. The van der Waals surface area contributed by atoms with E-state index < -0.39 is 0 Å². The number of thioether (sulfide) groups is 1. The normalized spacial score (nSPS) is 14.8. The second kappa shape index (κ2) is 13.2. The molecule has 2 amide bonds. The molecule has 1 saturated heterocycles. The van der Waals surface area contributed by atoms with E-state index in [4.69, 9.17) is 25.8 Å². The Morgan fingerprint density at radius 2 is 1.74 bits per heavy atom. The number of aliphatic imine (C=N–C) groups is 1. The summed E-state index contributed by atoms with van der Waals surface area (Å²) in [7, 11) is 0. The van der Waals surface area contributed by atoms with Crippen LogP contribution in [-0.4, -0.2) is 36.8 Å². The highest BCUT2D eigenvalue weighted by Crippen LogP contribution is 2.38. The molecule has 2 N–H and O–H groups in total. The molecule has 0 aromatic heterocycles. The molecule has 39 heavy (non-hydrogen) atoms. The van der Waals surface area contributed by atoms with Crippen molar-refractivity contribution in [2.45, 2.75) is 20.8 Å². The van der Waals surface area contributed by atoms with Crippen LogP contribution in [0, 0.1) is 6.92 Å². The van der Waals surface area contributed by atoms with Crippen LogP contribution >= 0.6 is 23.4 Å². The molecule has 0 aliphatic carbocycles. The van der Waals surface area contributed by atoms with Gasteiger partial charge in [-0.25, -0.2) is 4.99 Å². The van der Waals surface area contributed by atoms with E-state index in [1.807, 2.05) is 69.3 Å². The van der Waals surface area contributed by atoms with Crippen LogP contribution in [0.1, 0.15) is 25.0 Å². The van der Waals surface area contributed by atoms with Gasteiger partial charge in [0.15, 0.2) is 23.3 Å². The molecule has 0 bridgehead atoms. The number of amides is 2. The van der Waals surface area contributed by atoms with E-state index in [2.05, 4.69) is 15.6 Å². The standard InChI is InChI=1S/C29H28ClN3O5S/c1-4-36-22-12-10-21(11-13-22)32-29-33-28(35)25(39-29)16-19-14-23(30)27(24(15-19)37-5-2)38-17-26(34)31-20-8-6-18(3)7-9-20/h6-16H,4-5,17H2,1-3H3,(H,31,34)(H,32,33,35)/b25-16+. The Morgan fingerprint density at radius 3 is 2.44 bits per heavy atom. The van der Waals surface area contributed by atoms with Crippen molar-refractivity contribution in [3.8, 4) is 17.2 Å². The molecule has 0 spiro atoms. The molecule has 4 rings (SSSR count). The zero-order valence-corrected chi connectivity index (χ0v) is 23.3. The highest BCUT2D eigenvalue weighted by molar-refractivity contribution is 8.18. The summed E-state index contributed by atoms with van der Waals surface area (Å²) in [4.78, 5) is 29.9. The minimum absolute atomic E-state index is 0.251. The van der Waals surface area contributed by atoms with Crippen LogP contribution < -0.4 is 24.8 Å². The number of benzene rings is 3. The predicted molar refractivity (Wildman–Crippen MR) is 156 cm³/mol. The van der Waals surface area contributed by atoms with Gasteiger partial charge in [-0.15, -0.1) is 0 Å². The maximum atomic E-state index is 12.6. The summed E-state index contributed by atoms with van der Waals surface area (Å²) in [6.45, 7) is 6.41. The fourth-order valence-electron chi connectivity index (χ4n) is 3.58. The maximum Gasteiger partial charge on any atom is 0.264 e. The van der Waals surface area contributed by atoms with Gasteiger partial charge in [0.25, 0.3) is 11.8 Å². The van der Waals surface area contributed by atoms with Crippen molar-refractivity contribution in [3.05, 3.63) is 81.7 Å². The molecule has 3 aromatic rings. The van der Waals surface area contributed by atoms with Gasteiger partial charge in [0.2, 0.25) is 0 Å². The van der Waals surface area contributed by atoms with E-state index in [1.54, 1.807) is 18.2 Å². The Bertz CT molecular complexity index is 1410. The number of anilines is 1. The fraction of sp³-hybridized carbons (Fsp3) is 0.207. The van der Waals surface area contributed by atoms with E-state index in [1.165, 1.54) is 11.8 Å². The molecule has 1 fully saturated rings. The number of aryl methyl sites for hydroxylation is 1. The topological polar surface area (TPSA) is 98.3 Å². The zero-order chi connectivity index (χ0) is 27.8. The molecule has 0 atom stereocenters. The first-order valence-electron chi connectivity index (χ1n) is 12.3. The summed E-state index contributed by atoms with van der Waals surface area (Å²) in [5.74, 6) is 0.771. The predicted octanol–water partition coefficient (Wildman–Crippen LogP) is 6.35. The molecule has 3 aromatic carbocycles. The van der Waals surface area contributed by atoms with E-state index >= 15 is 0 Å². The van der Waals surface area contributed by atoms with E-state index in [0.717, 1.165) is 11.3 Å². The van der Waals surface area contributed by atoms with Crippen molar-refractivity contribution in [2.24, 2.45) is 4.99 Å². The maximum absolute atomic E-state index is 12.6. The van der Waals surface area contributed by atoms with Crippen molar-refractivity contribution in [3.63, 3.8) is 0 Å². The van der Waals surface area contributed by atoms with Crippen LogP contribution in [0.2, 0.25) is 5.02 Å². The molecule has 10 heteroatoms. The van der Waals surface area contributed by atoms with Gasteiger partial charge in [-0.05, 0) is 92.7 Å². The van der Waals surface area contributed by atoms with Crippen molar-refractivity contribution in [2.75, 3.05) is 25.1 Å². The SMILES string of the molecule is CCOc1ccc(N=C2NC(=O)/C(=C\c3cc(Cl)c(OCC(=O)Nc4ccc(C)cc4)c(OCC)c3)S2)cc1. The number of carbonyl (C=O) groups excluding carboxylic acids is 2. The summed E-state index contributed by atoms with van der Waals surface area (Å²) >= 11 is 7.74. The van der Waals surface area contributed by atoms with Crippen LogP contribution in [-0.2, 0) is 9.59 Å². The van der Waals surface area contributed by atoms with Gasteiger partial charge < -0.3 is 24.8 Å². The number of hydrogen-bond donors (Lipinski definition) is 2. The molecule has 1 aliphatic heterocycles. The molecule has 202 valence electrons. The Balaban J connectivity index is 1.46. The van der Waals surface area contributed by atoms with Crippen molar-refractivity contribution in [1.29, 1.82) is 0 Å². The molecule has 1 heterocycles. The Hall–Kier alpha value is -3.95. The first-order chi connectivity index (χ1) is 18.8. The number of rotatable bonds is 10. The molecule has 1 aliphatic rings. The third-order valence-corrected chi connectivity index (χ3v) is 6.53. The van der Waals surface area contributed by atoms with Crippen LogP contribution in [0.3, 0.4) is 0 Å². The molecular weight excluding hydrogens is 538 g/mol. The van der Waals surface area contributed by atoms with Crippen LogP contribution in [0.25, 0.3) is 6.08 Å². The van der Waals surface area contributed by atoms with Crippen molar-refractivity contribution >= 4 is 57.8 Å². The second-order valence-electron chi connectivity index (χ2n) is 8.37. The Morgan fingerprint density at radius 1 is 1.03 bits per heavy atom. The number of nitrogens with zero attached hydrogens (tertiary/aromatic N) is 1. The number of halogens is 1. The number of nitrogens with one attached hydrogen (secondary N) is 2. The summed E-state index contributed by atoms with van der Waals surface area (Å²) in [5.41, 5.74) is 3.10. The van der Waals surface area contributed by atoms with Crippen LogP contribution in [0.15, 0.2) is 70.6 Å². The monoisotopic (exact) mass is 565 g/mol. The Kier molecular flexibility index (Phi) is 9.51. The lowest BCUT2D eigenvalue weighted by Gasteiger charge is -2.14. The van der Waals surface area contributed by atoms with Crippen LogP contribution in [0.4, 0.5) is 11.4 Å². The first kappa shape index (κ1) is 28.1. The lowest BCUT2D eigenvalue weighted by atomic mass is 10.2.